The summed E-state index contributed by atoms with van der Waals surface area (Å²) in [7, 11) is 3.55. The Morgan fingerprint density at radius 3 is 1.10 bits per heavy atom. The molecule has 1 N–H and O–H groups in total. The molecule has 10 heteroatoms. The van der Waals surface area contributed by atoms with Crippen LogP contribution in [-0.4, -0.2) is 115 Å². The fraction of sp³-hybridized carbons (Fsp3) is 0.971. The van der Waals surface area contributed by atoms with E-state index in [4.69, 9.17) is 33.5 Å². The highest BCUT2D eigenvalue weighted by Gasteiger charge is 2.45. The van der Waals surface area contributed by atoms with Crippen molar-refractivity contribution in [1.82, 2.24) is 4.90 Å². The quantitative estimate of drug-likeness (QED) is 0.0359. The molecule has 0 spiro atoms. The average molecular weight is 1130 g/mol. The van der Waals surface area contributed by atoms with Crippen molar-refractivity contribution >= 4 is 12.6 Å². The molecule has 6 rings (SSSR count). The highest BCUT2D eigenvalue weighted by Crippen LogP contribution is 2.55. The smallest absolute Gasteiger partial charge is 0.157 e. The molecule has 10 nitrogen and oxygen atoms in total. The fourth-order valence-electron chi connectivity index (χ4n) is 13.5. The molecule has 0 aromatic carbocycles. The van der Waals surface area contributed by atoms with Gasteiger partial charge in [0.1, 0.15) is 12.6 Å². The molecule has 0 heterocycles. The molecule has 470 valence electrons. The van der Waals surface area contributed by atoms with E-state index in [0.717, 1.165) is 167 Å². The summed E-state index contributed by atoms with van der Waals surface area (Å²) in [5.74, 6) is 13.3. The maximum Gasteiger partial charge on any atom is 0.157 e. The van der Waals surface area contributed by atoms with E-state index in [1.807, 2.05) is 0 Å². The number of carbonyl (C=O) groups excluding carboxylic acids is 2. The van der Waals surface area contributed by atoms with Crippen LogP contribution < -0.4 is 0 Å². The molecule has 16 atom stereocenters. The lowest BCUT2D eigenvalue weighted by Crippen LogP contribution is -2.27. The summed E-state index contributed by atoms with van der Waals surface area (Å²) in [5.41, 5.74) is 0. The summed E-state index contributed by atoms with van der Waals surface area (Å²) in [5, 5.41) is 8.93. The van der Waals surface area contributed by atoms with Crippen molar-refractivity contribution in [1.29, 1.82) is 0 Å². The Morgan fingerprint density at radius 1 is 0.400 bits per heavy atom. The topological polar surface area (TPSA) is 113 Å². The predicted molar refractivity (Wildman–Crippen MR) is 331 cm³/mol. The van der Waals surface area contributed by atoms with Crippen LogP contribution in [-0.2, 0) is 38.0 Å². The SMILES string of the molecule is CCC1CC1CCC(C)CCOC(CCC=O)OCCC1CC1CC1CC1CC.CCC1CC1CCC(C)CCOC(CCC=O)OCCC1CC1CC1CC1CC.COCCCCCCN(CCCCO)CCCCCCOC. The summed E-state index contributed by atoms with van der Waals surface area (Å²) in [6, 6.07) is 0. The minimum absolute atomic E-state index is 0.189. The van der Waals surface area contributed by atoms with Gasteiger partial charge in [-0.25, -0.2) is 0 Å². The number of methoxy groups -OCH3 is 2. The van der Waals surface area contributed by atoms with Crippen molar-refractivity contribution in [3.63, 3.8) is 0 Å². The van der Waals surface area contributed by atoms with Gasteiger partial charge in [0.05, 0.1) is 13.2 Å². The van der Waals surface area contributed by atoms with E-state index < -0.39 is 0 Å². The summed E-state index contributed by atoms with van der Waals surface area (Å²) in [6.07, 6.45) is 43.3. The van der Waals surface area contributed by atoms with Crippen LogP contribution in [0.5, 0.6) is 0 Å². The number of carbonyl (C=O) groups is 2. The van der Waals surface area contributed by atoms with E-state index in [1.165, 1.54) is 180 Å². The number of unbranched alkanes of at least 4 members (excludes halogenated alkanes) is 7. The van der Waals surface area contributed by atoms with Crippen molar-refractivity contribution in [3.8, 4) is 0 Å². The fourth-order valence-corrected chi connectivity index (χ4v) is 13.5. The highest BCUT2D eigenvalue weighted by molar-refractivity contribution is 5.49. The molecule has 16 unspecified atom stereocenters. The first kappa shape index (κ1) is 71.5. The van der Waals surface area contributed by atoms with Crippen LogP contribution in [0.2, 0.25) is 0 Å². The second-order valence-corrected chi connectivity index (χ2v) is 27.1. The first-order chi connectivity index (χ1) is 39.1. The summed E-state index contributed by atoms with van der Waals surface area (Å²) >= 11 is 0. The van der Waals surface area contributed by atoms with E-state index in [9.17, 15) is 9.59 Å². The van der Waals surface area contributed by atoms with Crippen molar-refractivity contribution < 1.29 is 43.1 Å². The second-order valence-electron chi connectivity index (χ2n) is 27.1. The number of aldehydes is 2. The van der Waals surface area contributed by atoms with E-state index in [1.54, 1.807) is 14.2 Å². The molecule has 0 aliphatic heterocycles. The standard InChI is InChI=1S/2C26H46O3.C18H39NO3/c2*1-4-20-15-22(20)9-8-19(3)10-13-28-26(7-6-12-27)29-14-11-23-17-25(23)18-24-16-21(24)5-2;1-21-17-11-5-3-7-13-19(15-9-10-16-20)14-8-4-6-12-18-22-2/h2*12,19-26H,4-11,13-18H2,1-3H3;20H,3-18H2,1-2H3. The third-order valence-electron chi connectivity index (χ3n) is 20.3. The Balaban J connectivity index is 0.000000262. The normalized spacial score (nSPS) is 28.2. The third kappa shape index (κ3) is 34.2. The molecule has 0 radical (unpaired) electrons. The van der Waals surface area contributed by atoms with Gasteiger partial charge in [0.2, 0.25) is 0 Å². The van der Waals surface area contributed by atoms with Crippen LogP contribution in [0, 0.1) is 82.9 Å². The molecular formula is C70H131NO9. The van der Waals surface area contributed by atoms with Gasteiger partial charge >= 0.3 is 0 Å². The van der Waals surface area contributed by atoms with Crippen molar-refractivity contribution in [2.24, 2.45) is 82.9 Å². The van der Waals surface area contributed by atoms with Crippen LogP contribution in [0.25, 0.3) is 0 Å². The van der Waals surface area contributed by atoms with Crippen molar-refractivity contribution in [3.05, 3.63) is 0 Å². The molecule has 0 aromatic rings. The third-order valence-corrected chi connectivity index (χ3v) is 20.3. The Hall–Kier alpha value is -0.980. The van der Waals surface area contributed by atoms with Crippen LogP contribution in [0.4, 0.5) is 0 Å². The van der Waals surface area contributed by atoms with E-state index >= 15 is 0 Å². The lowest BCUT2D eigenvalue weighted by Gasteiger charge is -2.22. The predicted octanol–water partition coefficient (Wildman–Crippen LogP) is 16.8. The van der Waals surface area contributed by atoms with Gasteiger partial charge in [-0.05, 0) is 231 Å². The van der Waals surface area contributed by atoms with Gasteiger partial charge in [0.25, 0.3) is 0 Å². The molecule has 6 aliphatic carbocycles. The lowest BCUT2D eigenvalue weighted by molar-refractivity contribution is -0.151. The molecule has 6 saturated carbocycles. The number of hydrogen-bond acceptors (Lipinski definition) is 10. The summed E-state index contributed by atoms with van der Waals surface area (Å²) in [6.45, 7) is 22.8. The minimum Gasteiger partial charge on any atom is -0.396 e. The highest BCUT2D eigenvalue weighted by atomic mass is 16.7. The largest absolute Gasteiger partial charge is 0.396 e. The molecule has 0 bridgehead atoms. The van der Waals surface area contributed by atoms with Gasteiger partial charge < -0.3 is 48.0 Å². The number of hydrogen-bond donors (Lipinski definition) is 1. The first-order valence-electron chi connectivity index (χ1n) is 34.8. The summed E-state index contributed by atoms with van der Waals surface area (Å²) < 4.78 is 34.3. The summed E-state index contributed by atoms with van der Waals surface area (Å²) in [4.78, 5) is 24.1. The lowest BCUT2D eigenvalue weighted by atomic mass is 9.99. The van der Waals surface area contributed by atoms with Crippen LogP contribution in [0.3, 0.4) is 0 Å². The van der Waals surface area contributed by atoms with Gasteiger partial charge in [-0.3, -0.25) is 0 Å². The Kier molecular flexibility index (Phi) is 39.7. The van der Waals surface area contributed by atoms with Crippen LogP contribution in [0.15, 0.2) is 0 Å². The number of aliphatic hydroxyl groups is 1. The maximum absolute atomic E-state index is 10.8. The van der Waals surface area contributed by atoms with E-state index in [2.05, 4.69) is 46.4 Å². The van der Waals surface area contributed by atoms with E-state index in [-0.39, 0.29) is 12.6 Å². The van der Waals surface area contributed by atoms with Crippen LogP contribution >= 0.6 is 0 Å². The maximum atomic E-state index is 10.8. The monoisotopic (exact) mass is 1130 g/mol. The molecular weight excluding hydrogens is 999 g/mol. The van der Waals surface area contributed by atoms with Crippen molar-refractivity contribution in [2.75, 3.05) is 80.1 Å². The molecule has 6 aliphatic rings. The van der Waals surface area contributed by atoms with Gasteiger partial charge in [-0.15, -0.1) is 0 Å². The minimum atomic E-state index is -0.189. The molecule has 80 heavy (non-hydrogen) atoms. The Morgan fingerprint density at radius 2 is 0.738 bits per heavy atom. The zero-order chi connectivity index (χ0) is 57.6. The molecule has 0 aromatic heterocycles. The van der Waals surface area contributed by atoms with Gasteiger partial charge in [-0.2, -0.15) is 0 Å². The average Bonchev–Trinajstić information content (AvgIpc) is 4.23. The molecule has 0 saturated heterocycles. The van der Waals surface area contributed by atoms with Crippen molar-refractivity contribution in [2.45, 2.75) is 272 Å². The number of ether oxygens (including phenoxy) is 6. The molecule has 0 amide bonds. The number of rotatable bonds is 54. The molecule has 6 fully saturated rings. The van der Waals surface area contributed by atoms with Gasteiger partial charge in [-0.1, -0.05) is 106 Å². The Labute approximate surface area is 493 Å². The van der Waals surface area contributed by atoms with Crippen LogP contribution in [0.1, 0.15) is 260 Å². The van der Waals surface area contributed by atoms with Gasteiger partial charge in [0, 0.05) is 72.9 Å². The number of aliphatic hydroxyl groups excluding tert-OH is 1. The van der Waals surface area contributed by atoms with E-state index in [0.29, 0.717) is 32.3 Å². The first-order valence-corrected chi connectivity index (χ1v) is 34.8. The Bertz CT molecular complexity index is 1370. The zero-order valence-electron chi connectivity index (χ0n) is 53.7. The number of nitrogens with zero attached hydrogens (tertiary/aromatic N) is 1. The van der Waals surface area contributed by atoms with Gasteiger partial charge in [0.15, 0.2) is 12.6 Å². The second kappa shape index (κ2) is 44.5. The zero-order valence-corrected chi connectivity index (χ0v) is 53.7.